The van der Waals surface area contributed by atoms with E-state index in [1.807, 2.05) is 18.2 Å². The number of aliphatic imine (C=N–C) groups is 1. The van der Waals surface area contributed by atoms with Gasteiger partial charge in [-0.1, -0.05) is 24.3 Å². The molecule has 0 amide bonds. The van der Waals surface area contributed by atoms with Crippen LogP contribution in [0, 0.1) is 0 Å². The van der Waals surface area contributed by atoms with Gasteiger partial charge in [-0.05, 0) is 88.6 Å². The van der Waals surface area contributed by atoms with Crippen molar-refractivity contribution in [2.45, 2.75) is 25.3 Å². The molecule has 1 atom stereocenters. The summed E-state index contributed by atoms with van der Waals surface area (Å²) in [4.78, 5) is 17.6. The highest BCUT2D eigenvalue weighted by Gasteiger charge is 2.26. The van der Waals surface area contributed by atoms with Gasteiger partial charge in [0.25, 0.3) is 0 Å². The van der Waals surface area contributed by atoms with Gasteiger partial charge in [-0.2, -0.15) is 0 Å². The third kappa shape index (κ3) is 6.50. The molecule has 2 heterocycles. The number of nitrogens with zero attached hydrogens (tertiary/aromatic N) is 4. The fourth-order valence-electron chi connectivity index (χ4n) is 5.37. The molecule has 1 aromatic heterocycles. The van der Waals surface area contributed by atoms with E-state index in [0.717, 1.165) is 101 Å². The van der Waals surface area contributed by atoms with Crippen molar-refractivity contribution in [3.05, 3.63) is 83.8 Å². The van der Waals surface area contributed by atoms with Crippen molar-refractivity contribution in [3.8, 4) is 17.1 Å². The summed E-state index contributed by atoms with van der Waals surface area (Å²) in [6.07, 6.45) is 7.10. The molecule has 1 unspecified atom stereocenters. The number of hydrogen-bond acceptors (Lipinski definition) is 7. The van der Waals surface area contributed by atoms with Gasteiger partial charge in [-0.3, -0.25) is 4.99 Å². The fourth-order valence-corrected chi connectivity index (χ4v) is 5.37. The van der Waals surface area contributed by atoms with E-state index in [2.05, 4.69) is 96.8 Å². The lowest BCUT2D eigenvalue weighted by atomic mass is 10.0. The lowest BCUT2D eigenvalue weighted by molar-refractivity contribution is 0.204. The highest BCUT2D eigenvalue weighted by atomic mass is 16.5. The molecule has 4 aromatic rings. The average Bonchev–Trinajstić information content (AvgIpc) is 3.61. The number of aromatic amines is 1. The summed E-state index contributed by atoms with van der Waals surface area (Å²) in [5.74, 6) is 3.56. The Balaban J connectivity index is 1.12. The van der Waals surface area contributed by atoms with E-state index in [9.17, 15) is 0 Å². The second kappa shape index (κ2) is 12.4. The molecular formula is C34H40N6O2. The van der Waals surface area contributed by atoms with Crippen LogP contribution < -0.4 is 10.1 Å². The molecule has 8 heteroatoms. The molecule has 2 N–H and O–H groups in total. The maximum atomic E-state index is 5.99. The van der Waals surface area contributed by atoms with Crippen LogP contribution in [0.25, 0.3) is 33.2 Å². The summed E-state index contributed by atoms with van der Waals surface area (Å²) in [7, 11) is 8.32. The Morgan fingerprint density at radius 3 is 2.31 bits per heavy atom. The molecule has 1 aliphatic carbocycles. The van der Waals surface area contributed by atoms with Gasteiger partial charge in [-0.15, -0.1) is 0 Å². The maximum Gasteiger partial charge on any atom is 0.138 e. The first kappa shape index (κ1) is 28.0. The standard InChI is InChI=1S/C34H40N6O2/c1-39(2)15-5-17-41-27-11-13-29-31(21-27)37-33(35-29)25-9-7-24-20-26(10-8-23(24)19-25)34-36-30-14-12-28(22-32(30)38-34)42-18-6-16-40(3)4/h7-13,19-22,30H,5-6,14-18H2,1-4H3,(H,35,37)(H,36,38). The molecule has 2 aliphatic rings. The van der Waals surface area contributed by atoms with E-state index in [0.29, 0.717) is 6.61 Å². The Morgan fingerprint density at radius 1 is 0.833 bits per heavy atom. The summed E-state index contributed by atoms with van der Waals surface area (Å²) >= 11 is 0. The third-order valence-electron chi connectivity index (χ3n) is 7.62. The number of allylic oxidation sites excluding steroid dienone is 1. The number of hydrogen-bond donors (Lipinski definition) is 2. The zero-order valence-corrected chi connectivity index (χ0v) is 25.0. The predicted molar refractivity (Wildman–Crippen MR) is 171 cm³/mol. The Morgan fingerprint density at radius 2 is 1.55 bits per heavy atom. The first-order valence-electron chi connectivity index (χ1n) is 14.8. The van der Waals surface area contributed by atoms with E-state index in [1.54, 1.807) is 0 Å². The number of H-pyrrole nitrogens is 1. The summed E-state index contributed by atoms with van der Waals surface area (Å²) in [5.41, 5.74) is 5.15. The van der Waals surface area contributed by atoms with Gasteiger partial charge in [0.15, 0.2) is 0 Å². The number of ether oxygens (including phenoxy) is 2. The molecule has 1 aliphatic heterocycles. The van der Waals surface area contributed by atoms with Crippen molar-refractivity contribution in [1.29, 1.82) is 0 Å². The largest absolute Gasteiger partial charge is 0.494 e. The summed E-state index contributed by atoms with van der Waals surface area (Å²) in [5, 5.41) is 5.87. The van der Waals surface area contributed by atoms with E-state index in [1.165, 1.54) is 0 Å². The maximum absolute atomic E-state index is 5.99. The molecule has 42 heavy (non-hydrogen) atoms. The molecule has 0 spiro atoms. The van der Waals surface area contributed by atoms with Crippen LogP contribution in [-0.2, 0) is 4.74 Å². The zero-order chi connectivity index (χ0) is 29.1. The van der Waals surface area contributed by atoms with Crippen LogP contribution in [-0.4, -0.2) is 86.1 Å². The first-order chi connectivity index (χ1) is 20.4. The quantitative estimate of drug-likeness (QED) is 0.219. The molecule has 218 valence electrons. The first-order valence-corrected chi connectivity index (χ1v) is 14.8. The summed E-state index contributed by atoms with van der Waals surface area (Å²) in [6.45, 7) is 3.45. The van der Waals surface area contributed by atoms with E-state index in [-0.39, 0.29) is 6.04 Å². The molecular weight excluding hydrogens is 524 g/mol. The minimum absolute atomic E-state index is 0.129. The van der Waals surface area contributed by atoms with Crippen LogP contribution in [0.5, 0.6) is 5.75 Å². The monoisotopic (exact) mass is 564 g/mol. The third-order valence-corrected chi connectivity index (χ3v) is 7.62. The number of rotatable bonds is 12. The van der Waals surface area contributed by atoms with Crippen molar-refractivity contribution in [2.24, 2.45) is 4.99 Å². The molecule has 8 nitrogen and oxygen atoms in total. The minimum Gasteiger partial charge on any atom is -0.494 e. The van der Waals surface area contributed by atoms with Crippen LogP contribution in [0.1, 0.15) is 24.8 Å². The normalized spacial score (nSPS) is 16.4. The van der Waals surface area contributed by atoms with Crippen LogP contribution >= 0.6 is 0 Å². The van der Waals surface area contributed by atoms with E-state index >= 15 is 0 Å². The second-order valence-electron chi connectivity index (χ2n) is 11.6. The molecule has 0 radical (unpaired) electrons. The highest BCUT2D eigenvalue weighted by molar-refractivity contribution is 6.04. The van der Waals surface area contributed by atoms with Gasteiger partial charge in [0.05, 0.1) is 30.3 Å². The van der Waals surface area contributed by atoms with Crippen LogP contribution in [0.15, 0.2) is 83.2 Å². The molecule has 0 saturated heterocycles. The van der Waals surface area contributed by atoms with Crippen molar-refractivity contribution in [1.82, 2.24) is 25.1 Å². The molecule has 0 fully saturated rings. The zero-order valence-electron chi connectivity index (χ0n) is 25.0. The Kier molecular flexibility index (Phi) is 8.26. The van der Waals surface area contributed by atoms with Crippen molar-refractivity contribution < 1.29 is 9.47 Å². The Hall–Kier alpha value is -4.14. The van der Waals surface area contributed by atoms with Gasteiger partial charge in [0.2, 0.25) is 0 Å². The van der Waals surface area contributed by atoms with Crippen LogP contribution in [0.3, 0.4) is 0 Å². The summed E-state index contributed by atoms with van der Waals surface area (Å²) < 4.78 is 11.9. The predicted octanol–water partition coefficient (Wildman–Crippen LogP) is 5.57. The van der Waals surface area contributed by atoms with Crippen molar-refractivity contribution in [3.63, 3.8) is 0 Å². The van der Waals surface area contributed by atoms with E-state index < -0.39 is 0 Å². The molecule has 0 bridgehead atoms. The van der Waals surface area contributed by atoms with Gasteiger partial charge < -0.3 is 29.6 Å². The minimum atomic E-state index is 0.129. The number of imidazole rings is 1. The average molecular weight is 565 g/mol. The summed E-state index contributed by atoms with van der Waals surface area (Å²) in [6, 6.07) is 19.1. The second-order valence-corrected chi connectivity index (χ2v) is 11.6. The number of nitrogens with one attached hydrogen (secondary N) is 2. The Bertz CT molecular complexity index is 1670. The SMILES string of the molecule is CN(C)CCCOC1=CCC2N=C(c3ccc4cc(-c5nc6ccc(OCCCN(C)C)cc6[nH]5)ccc4c3)NC2=C1. The topological polar surface area (TPSA) is 78.0 Å². The van der Waals surface area contributed by atoms with Crippen molar-refractivity contribution >= 4 is 27.6 Å². The molecule has 6 rings (SSSR count). The number of amidine groups is 1. The molecule has 3 aromatic carbocycles. The van der Waals surface area contributed by atoms with Gasteiger partial charge in [-0.25, -0.2) is 4.98 Å². The van der Waals surface area contributed by atoms with Crippen molar-refractivity contribution in [2.75, 3.05) is 54.5 Å². The fraction of sp³-hybridized carbons (Fsp3) is 0.353. The van der Waals surface area contributed by atoms with E-state index in [4.69, 9.17) is 19.5 Å². The lowest BCUT2D eigenvalue weighted by Crippen LogP contribution is -2.21. The number of aromatic nitrogens is 2. The lowest BCUT2D eigenvalue weighted by Gasteiger charge is -2.17. The van der Waals surface area contributed by atoms with Gasteiger partial charge in [0, 0.05) is 42.1 Å². The van der Waals surface area contributed by atoms with Crippen LogP contribution in [0.4, 0.5) is 0 Å². The number of benzene rings is 3. The smallest absolute Gasteiger partial charge is 0.138 e. The Labute approximate surface area is 247 Å². The van der Waals surface area contributed by atoms with Crippen LogP contribution in [0.2, 0.25) is 0 Å². The molecule has 0 saturated carbocycles. The van der Waals surface area contributed by atoms with Gasteiger partial charge >= 0.3 is 0 Å². The van der Waals surface area contributed by atoms with Gasteiger partial charge in [0.1, 0.15) is 23.2 Å². The highest BCUT2D eigenvalue weighted by Crippen LogP contribution is 2.29. The number of fused-ring (bicyclic) bond motifs is 3.